The van der Waals surface area contributed by atoms with Gasteiger partial charge in [-0.25, -0.2) is 8.42 Å². The number of anilines is 2. The maximum atomic E-state index is 12.9. The van der Waals surface area contributed by atoms with Gasteiger partial charge in [0.1, 0.15) is 5.84 Å². The fraction of sp³-hybridized carbons (Fsp3) is 0.375. The molecule has 1 saturated carbocycles. The molecule has 0 aliphatic heterocycles. The van der Waals surface area contributed by atoms with E-state index in [2.05, 4.69) is 15.0 Å². The van der Waals surface area contributed by atoms with Gasteiger partial charge in [-0.15, -0.1) is 0 Å². The molecule has 2 amide bonds. The molecular formula is C24H31N5O4S. The third-order valence-corrected chi connectivity index (χ3v) is 7.18. The molecule has 0 spiro atoms. The van der Waals surface area contributed by atoms with Gasteiger partial charge in [0, 0.05) is 22.4 Å². The van der Waals surface area contributed by atoms with Crippen LogP contribution in [0.5, 0.6) is 0 Å². The zero-order valence-corrected chi connectivity index (χ0v) is 20.2. The van der Waals surface area contributed by atoms with Gasteiger partial charge >= 0.3 is 0 Å². The van der Waals surface area contributed by atoms with Crippen LogP contribution < -0.4 is 21.5 Å². The second-order valence-corrected chi connectivity index (χ2v) is 10.5. The van der Waals surface area contributed by atoms with Gasteiger partial charge in [-0.2, -0.15) is 4.99 Å². The van der Waals surface area contributed by atoms with Crippen molar-refractivity contribution in [3.05, 3.63) is 54.1 Å². The first-order valence-electron chi connectivity index (χ1n) is 11.2. The van der Waals surface area contributed by atoms with Gasteiger partial charge in [-0.1, -0.05) is 38.8 Å². The molecule has 3 rings (SSSR count). The highest BCUT2D eigenvalue weighted by Crippen LogP contribution is 2.45. The van der Waals surface area contributed by atoms with Crippen LogP contribution in [0.4, 0.5) is 11.4 Å². The molecule has 0 unspecified atom stereocenters. The Bertz CT molecular complexity index is 1190. The van der Waals surface area contributed by atoms with Crippen LogP contribution in [0.25, 0.3) is 0 Å². The van der Waals surface area contributed by atoms with Crippen molar-refractivity contribution >= 4 is 39.0 Å². The molecule has 0 aromatic heterocycles. The molecule has 1 fully saturated rings. The lowest BCUT2D eigenvalue weighted by Gasteiger charge is -2.12. The summed E-state index contributed by atoms with van der Waals surface area (Å²) in [6.45, 7) is 3.91. The van der Waals surface area contributed by atoms with Crippen molar-refractivity contribution in [1.29, 1.82) is 0 Å². The van der Waals surface area contributed by atoms with E-state index in [0.29, 0.717) is 23.4 Å². The van der Waals surface area contributed by atoms with Crippen LogP contribution in [0.15, 0.2) is 58.4 Å². The minimum absolute atomic E-state index is 0.0371. The van der Waals surface area contributed by atoms with Crippen LogP contribution in [-0.2, 0) is 19.6 Å². The Morgan fingerprint density at radius 3 is 2.38 bits per heavy atom. The second kappa shape index (κ2) is 10.4. The average molecular weight is 486 g/mol. The number of amides is 2. The molecular weight excluding hydrogens is 454 g/mol. The van der Waals surface area contributed by atoms with E-state index in [1.807, 2.05) is 13.8 Å². The summed E-state index contributed by atoms with van der Waals surface area (Å²) in [5, 5.41) is 2.84. The van der Waals surface area contributed by atoms with Crippen molar-refractivity contribution in [2.45, 2.75) is 56.9 Å². The molecule has 1 aliphatic carbocycles. The number of nitrogens with zero attached hydrogens (tertiary/aromatic N) is 1. The fourth-order valence-electron chi connectivity index (χ4n) is 3.17. The SMILES string of the molecule is CCCC[C@H](N)C(=O)N=C(N)c1cccc(S(=O)(=O)Nc2ccc(NC(=O)C3(C)CC3)cc2)c1. The van der Waals surface area contributed by atoms with Crippen LogP contribution in [0.3, 0.4) is 0 Å². The Labute approximate surface area is 200 Å². The Balaban J connectivity index is 1.69. The topological polar surface area (TPSA) is 157 Å². The quantitative estimate of drug-likeness (QED) is 0.299. The van der Waals surface area contributed by atoms with Gasteiger partial charge in [0.15, 0.2) is 0 Å². The molecule has 1 atom stereocenters. The predicted molar refractivity (Wildman–Crippen MR) is 133 cm³/mol. The highest BCUT2D eigenvalue weighted by molar-refractivity contribution is 7.92. The van der Waals surface area contributed by atoms with Gasteiger partial charge in [-0.05, 0) is 55.7 Å². The standard InChI is InChI=1S/C24H31N5O4S/c1-3-4-8-20(25)22(30)28-21(26)16-6-5-7-19(15-16)34(32,33)29-18-11-9-17(10-12-18)27-23(31)24(2)13-14-24/h5-7,9-12,15,20,29H,3-4,8,13-14,25H2,1-2H3,(H,27,31)(H2,26,28,30)/t20-/m0/s1. The smallest absolute Gasteiger partial charge is 0.264 e. The lowest BCUT2D eigenvalue weighted by molar-refractivity contribution is -0.120. The monoisotopic (exact) mass is 485 g/mol. The molecule has 2 aromatic carbocycles. The molecule has 34 heavy (non-hydrogen) atoms. The maximum Gasteiger partial charge on any atom is 0.264 e. The van der Waals surface area contributed by atoms with Crippen molar-refractivity contribution in [3.63, 3.8) is 0 Å². The zero-order chi connectivity index (χ0) is 24.9. The first-order valence-corrected chi connectivity index (χ1v) is 12.7. The predicted octanol–water partition coefficient (Wildman–Crippen LogP) is 2.98. The molecule has 0 bridgehead atoms. The number of benzene rings is 2. The van der Waals surface area contributed by atoms with E-state index >= 15 is 0 Å². The largest absolute Gasteiger partial charge is 0.383 e. The van der Waals surface area contributed by atoms with Gasteiger partial charge in [0.05, 0.1) is 10.9 Å². The molecule has 6 N–H and O–H groups in total. The van der Waals surface area contributed by atoms with Gasteiger partial charge in [-0.3, -0.25) is 14.3 Å². The van der Waals surface area contributed by atoms with E-state index in [1.54, 1.807) is 30.3 Å². The third-order valence-electron chi connectivity index (χ3n) is 5.80. The highest BCUT2D eigenvalue weighted by atomic mass is 32.2. The summed E-state index contributed by atoms with van der Waals surface area (Å²) in [7, 11) is -3.93. The summed E-state index contributed by atoms with van der Waals surface area (Å²) in [6, 6.07) is 11.5. The van der Waals surface area contributed by atoms with Crippen LogP contribution >= 0.6 is 0 Å². The lowest BCUT2D eigenvalue weighted by Crippen LogP contribution is -2.31. The van der Waals surface area contributed by atoms with Gasteiger partial charge in [0.2, 0.25) is 5.91 Å². The zero-order valence-electron chi connectivity index (χ0n) is 19.4. The third kappa shape index (κ3) is 6.42. The summed E-state index contributed by atoms with van der Waals surface area (Å²) < 4.78 is 28.3. The summed E-state index contributed by atoms with van der Waals surface area (Å²) in [6.07, 6.45) is 3.94. The summed E-state index contributed by atoms with van der Waals surface area (Å²) in [5.41, 5.74) is 12.7. The number of carbonyl (C=O) groups is 2. The Hall–Kier alpha value is -3.24. The van der Waals surface area contributed by atoms with Crippen LogP contribution in [0.1, 0.15) is 51.5 Å². The first kappa shape index (κ1) is 25.4. The number of rotatable bonds is 10. The second-order valence-electron chi connectivity index (χ2n) is 8.81. The Morgan fingerprint density at radius 1 is 1.12 bits per heavy atom. The van der Waals surface area contributed by atoms with Crippen LogP contribution in [0, 0.1) is 5.41 Å². The summed E-state index contributed by atoms with van der Waals surface area (Å²) in [5.74, 6) is -0.680. The minimum Gasteiger partial charge on any atom is -0.383 e. The minimum atomic E-state index is -3.93. The molecule has 2 aromatic rings. The normalized spacial score (nSPS) is 15.9. The van der Waals surface area contributed by atoms with Crippen molar-refractivity contribution < 1.29 is 18.0 Å². The van der Waals surface area contributed by atoms with Crippen LogP contribution in [0.2, 0.25) is 0 Å². The van der Waals surface area contributed by atoms with E-state index in [9.17, 15) is 18.0 Å². The number of hydrogen-bond acceptors (Lipinski definition) is 5. The molecule has 182 valence electrons. The average Bonchev–Trinajstić information content (AvgIpc) is 3.57. The van der Waals surface area contributed by atoms with Gasteiger partial charge < -0.3 is 16.8 Å². The fourth-order valence-corrected chi connectivity index (χ4v) is 4.27. The number of unbranched alkanes of at least 4 members (excludes halogenated alkanes) is 1. The van der Waals surface area contributed by atoms with Crippen molar-refractivity contribution in [2.75, 3.05) is 10.0 Å². The summed E-state index contributed by atoms with van der Waals surface area (Å²) >= 11 is 0. The van der Waals surface area contributed by atoms with E-state index in [0.717, 1.165) is 25.7 Å². The van der Waals surface area contributed by atoms with Gasteiger partial charge in [0.25, 0.3) is 15.9 Å². The first-order chi connectivity index (χ1) is 16.0. The molecule has 0 heterocycles. The number of nitrogens with two attached hydrogens (primary N) is 2. The van der Waals surface area contributed by atoms with E-state index < -0.39 is 22.0 Å². The number of aliphatic imine (C=N–C) groups is 1. The van der Waals surface area contributed by atoms with Crippen molar-refractivity contribution in [1.82, 2.24) is 0 Å². The lowest BCUT2D eigenvalue weighted by atomic mass is 10.1. The molecule has 1 aliphatic rings. The number of amidine groups is 1. The molecule has 0 saturated heterocycles. The number of sulfonamides is 1. The summed E-state index contributed by atoms with van der Waals surface area (Å²) in [4.78, 5) is 28.1. The number of hydrogen-bond donors (Lipinski definition) is 4. The van der Waals surface area contributed by atoms with Crippen molar-refractivity contribution in [3.8, 4) is 0 Å². The highest BCUT2D eigenvalue weighted by Gasteiger charge is 2.44. The Kier molecular flexibility index (Phi) is 7.73. The Morgan fingerprint density at radius 2 is 1.76 bits per heavy atom. The van der Waals surface area contributed by atoms with E-state index in [4.69, 9.17) is 11.5 Å². The number of carbonyl (C=O) groups excluding carboxylic acids is 2. The van der Waals surface area contributed by atoms with Crippen molar-refractivity contribution in [2.24, 2.45) is 21.9 Å². The maximum absolute atomic E-state index is 12.9. The van der Waals surface area contributed by atoms with Crippen LogP contribution in [-0.4, -0.2) is 32.1 Å². The van der Waals surface area contributed by atoms with E-state index in [1.165, 1.54) is 18.2 Å². The molecule has 9 nitrogen and oxygen atoms in total. The molecule has 10 heteroatoms. The number of nitrogens with one attached hydrogen (secondary N) is 2. The van der Waals surface area contributed by atoms with E-state index in [-0.39, 0.29) is 22.1 Å². The molecule has 0 radical (unpaired) electrons.